The van der Waals surface area contributed by atoms with Crippen LogP contribution in [0.15, 0.2) is 24.3 Å². The molecule has 5 nitrogen and oxygen atoms in total. The quantitative estimate of drug-likeness (QED) is 0.684. The SMILES string of the molecule is O=C(O)C12CC3CC1CC(c1ccc([N+](=O)[O-])cc1)(C3)C2. The van der Waals surface area contributed by atoms with Crippen LogP contribution in [0.2, 0.25) is 0 Å². The van der Waals surface area contributed by atoms with Gasteiger partial charge in [-0.15, -0.1) is 0 Å². The average Bonchev–Trinajstić information content (AvgIpc) is 2.84. The zero-order chi connectivity index (χ0) is 14.8. The van der Waals surface area contributed by atoms with Crippen LogP contribution >= 0.6 is 0 Å². The highest BCUT2D eigenvalue weighted by Crippen LogP contribution is 2.70. The van der Waals surface area contributed by atoms with Crippen LogP contribution in [0.1, 0.15) is 37.7 Å². The van der Waals surface area contributed by atoms with Gasteiger partial charge in [0.25, 0.3) is 5.69 Å². The molecule has 0 heterocycles. The van der Waals surface area contributed by atoms with Crippen LogP contribution in [0.4, 0.5) is 5.69 Å². The molecule has 4 fully saturated rings. The molecule has 4 aliphatic rings. The smallest absolute Gasteiger partial charge is 0.309 e. The van der Waals surface area contributed by atoms with Gasteiger partial charge in [0.15, 0.2) is 0 Å². The van der Waals surface area contributed by atoms with Crippen LogP contribution in [0, 0.1) is 27.4 Å². The Morgan fingerprint density at radius 1 is 1.24 bits per heavy atom. The lowest BCUT2D eigenvalue weighted by Gasteiger charge is -2.40. The Bertz CT molecular complexity index is 640. The Morgan fingerprint density at radius 3 is 2.52 bits per heavy atom. The maximum atomic E-state index is 11.8. The Labute approximate surface area is 122 Å². The Balaban J connectivity index is 1.73. The number of nitro groups is 1. The topological polar surface area (TPSA) is 80.4 Å². The van der Waals surface area contributed by atoms with Gasteiger partial charge in [-0.3, -0.25) is 14.9 Å². The van der Waals surface area contributed by atoms with E-state index in [1.165, 1.54) is 0 Å². The van der Waals surface area contributed by atoms with E-state index in [0.29, 0.717) is 12.3 Å². The third-order valence-corrected chi connectivity index (χ3v) is 6.14. The van der Waals surface area contributed by atoms with Crippen molar-refractivity contribution in [2.75, 3.05) is 0 Å². The van der Waals surface area contributed by atoms with E-state index in [4.69, 9.17) is 0 Å². The van der Waals surface area contributed by atoms with Gasteiger partial charge in [-0.05, 0) is 54.9 Å². The van der Waals surface area contributed by atoms with E-state index >= 15 is 0 Å². The fourth-order valence-electron chi connectivity index (χ4n) is 5.51. The molecule has 0 amide bonds. The molecule has 4 aliphatic carbocycles. The van der Waals surface area contributed by atoms with Gasteiger partial charge in [0.2, 0.25) is 0 Å². The summed E-state index contributed by atoms with van der Waals surface area (Å²) in [4.78, 5) is 22.2. The molecular formula is C16H17NO4. The van der Waals surface area contributed by atoms with E-state index in [0.717, 1.165) is 31.2 Å². The van der Waals surface area contributed by atoms with Crippen LogP contribution in [0.3, 0.4) is 0 Å². The van der Waals surface area contributed by atoms with Gasteiger partial charge in [-0.1, -0.05) is 12.1 Å². The van der Waals surface area contributed by atoms with Crippen molar-refractivity contribution in [1.82, 2.24) is 0 Å². The zero-order valence-electron chi connectivity index (χ0n) is 11.6. The lowest BCUT2D eigenvalue weighted by Crippen LogP contribution is -2.37. The Kier molecular flexibility index (Phi) is 2.34. The molecule has 5 heteroatoms. The number of carboxylic acids is 1. The summed E-state index contributed by atoms with van der Waals surface area (Å²) >= 11 is 0. The van der Waals surface area contributed by atoms with Crippen LogP contribution in [0.25, 0.3) is 0 Å². The van der Waals surface area contributed by atoms with Crippen molar-refractivity contribution in [3.05, 3.63) is 39.9 Å². The van der Waals surface area contributed by atoms with Gasteiger partial charge in [-0.25, -0.2) is 0 Å². The first-order valence-electron chi connectivity index (χ1n) is 7.44. The standard InChI is InChI=1S/C16H17NO4/c18-14(19)16-7-10-5-12(16)8-15(6-10,9-16)11-1-3-13(4-2-11)17(20)21/h1-4,10,12H,5-9H2,(H,18,19). The Hall–Kier alpha value is -1.91. The monoisotopic (exact) mass is 287 g/mol. The molecule has 4 bridgehead atoms. The van der Waals surface area contributed by atoms with Crippen molar-refractivity contribution < 1.29 is 14.8 Å². The number of nitrogens with zero attached hydrogens (tertiary/aromatic N) is 1. The van der Waals surface area contributed by atoms with Crippen molar-refractivity contribution >= 4 is 11.7 Å². The van der Waals surface area contributed by atoms with E-state index in [1.54, 1.807) is 12.1 Å². The predicted molar refractivity (Wildman–Crippen MR) is 74.9 cm³/mol. The molecule has 21 heavy (non-hydrogen) atoms. The molecule has 0 aromatic heterocycles. The van der Waals surface area contributed by atoms with E-state index in [9.17, 15) is 20.0 Å². The third kappa shape index (κ3) is 1.54. The first-order valence-corrected chi connectivity index (χ1v) is 7.44. The molecule has 4 saturated carbocycles. The second-order valence-electron chi connectivity index (χ2n) is 7.13. The van der Waals surface area contributed by atoms with Crippen molar-refractivity contribution in [3.8, 4) is 0 Å². The highest BCUT2D eigenvalue weighted by molar-refractivity contribution is 5.77. The number of benzene rings is 1. The van der Waals surface area contributed by atoms with Gasteiger partial charge in [0, 0.05) is 12.1 Å². The molecule has 1 N–H and O–H groups in total. The van der Waals surface area contributed by atoms with E-state index < -0.39 is 16.3 Å². The second kappa shape index (κ2) is 3.84. The van der Waals surface area contributed by atoms with E-state index in [1.807, 2.05) is 12.1 Å². The largest absolute Gasteiger partial charge is 0.481 e. The van der Waals surface area contributed by atoms with Crippen LogP contribution in [-0.2, 0) is 10.2 Å². The number of nitro benzene ring substituents is 1. The third-order valence-electron chi connectivity index (χ3n) is 6.14. The van der Waals surface area contributed by atoms with Crippen molar-refractivity contribution in [2.45, 2.75) is 37.5 Å². The first kappa shape index (κ1) is 12.8. The first-order chi connectivity index (χ1) is 9.95. The summed E-state index contributed by atoms with van der Waals surface area (Å²) in [5.74, 6) is 0.145. The fraction of sp³-hybridized carbons (Fsp3) is 0.562. The minimum atomic E-state index is -0.640. The van der Waals surface area contributed by atoms with Crippen LogP contribution < -0.4 is 0 Å². The molecule has 0 saturated heterocycles. The van der Waals surface area contributed by atoms with E-state index in [-0.39, 0.29) is 17.0 Å². The molecule has 1 aromatic carbocycles. The molecule has 4 unspecified atom stereocenters. The van der Waals surface area contributed by atoms with E-state index in [2.05, 4.69) is 0 Å². The summed E-state index contributed by atoms with van der Waals surface area (Å²) in [6.07, 6.45) is 4.53. The van der Waals surface area contributed by atoms with Gasteiger partial charge in [0.05, 0.1) is 10.3 Å². The summed E-state index contributed by atoms with van der Waals surface area (Å²) < 4.78 is 0. The maximum Gasteiger partial charge on any atom is 0.309 e. The second-order valence-corrected chi connectivity index (χ2v) is 7.13. The summed E-state index contributed by atoms with van der Waals surface area (Å²) in [5.41, 5.74) is 0.577. The molecule has 5 rings (SSSR count). The minimum Gasteiger partial charge on any atom is -0.481 e. The highest BCUT2D eigenvalue weighted by atomic mass is 16.6. The van der Waals surface area contributed by atoms with Crippen molar-refractivity contribution in [3.63, 3.8) is 0 Å². The lowest BCUT2D eigenvalue weighted by molar-refractivity contribution is -0.384. The number of carbonyl (C=O) groups is 1. The van der Waals surface area contributed by atoms with Gasteiger partial charge >= 0.3 is 5.97 Å². The summed E-state index contributed by atoms with van der Waals surface area (Å²) in [6, 6.07) is 6.76. The fourth-order valence-corrected chi connectivity index (χ4v) is 5.51. The maximum absolute atomic E-state index is 11.8. The number of rotatable bonds is 3. The molecule has 0 aliphatic heterocycles. The molecule has 1 aromatic rings. The number of hydrogen-bond donors (Lipinski definition) is 1. The normalized spacial score (nSPS) is 39.6. The molecular weight excluding hydrogens is 270 g/mol. The molecule has 110 valence electrons. The highest BCUT2D eigenvalue weighted by Gasteiger charge is 2.67. The minimum absolute atomic E-state index is 0.0701. The number of non-ortho nitro benzene ring substituents is 1. The lowest BCUT2D eigenvalue weighted by atomic mass is 9.64. The summed E-state index contributed by atoms with van der Waals surface area (Å²) in [6.45, 7) is 0. The molecule has 4 atom stereocenters. The summed E-state index contributed by atoms with van der Waals surface area (Å²) in [5, 5.41) is 20.5. The van der Waals surface area contributed by atoms with Crippen LogP contribution in [0.5, 0.6) is 0 Å². The van der Waals surface area contributed by atoms with Crippen molar-refractivity contribution in [1.29, 1.82) is 0 Å². The number of aliphatic carboxylic acids is 1. The van der Waals surface area contributed by atoms with Crippen LogP contribution in [-0.4, -0.2) is 16.0 Å². The Morgan fingerprint density at radius 2 is 1.95 bits per heavy atom. The summed E-state index contributed by atoms with van der Waals surface area (Å²) in [7, 11) is 0. The average molecular weight is 287 g/mol. The molecule has 0 spiro atoms. The van der Waals surface area contributed by atoms with Gasteiger partial charge < -0.3 is 5.11 Å². The predicted octanol–water partition coefficient (Wildman–Crippen LogP) is 3.13. The number of carboxylic acid groups (broad SMARTS) is 1. The molecule has 0 radical (unpaired) electrons. The van der Waals surface area contributed by atoms with Gasteiger partial charge in [-0.2, -0.15) is 0 Å². The van der Waals surface area contributed by atoms with Crippen molar-refractivity contribution in [2.24, 2.45) is 17.3 Å². The zero-order valence-corrected chi connectivity index (χ0v) is 11.6. The van der Waals surface area contributed by atoms with Gasteiger partial charge in [0.1, 0.15) is 0 Å². The number of hydrogen-bond acceptors (Lipinski definition) is 3.